The third-order valence-corrected chi connectivity index (χ3v) is 5.54. The molecule has 0 bridgehead atoms. The van der Waals surface area contributed by atoms with E-state index in [1.807, 2.05) is 11.3 Å². The second kappa shape index (κ2) is 4.44. The predicted octanol–water partition coefficient (Wildman–Crippen LogP) is 3.77. The number of hydrogen-bond acceptors (Lipinski definition) is 4. The number of nitrogens with zero attached hydrogens (tertiary/aromatic N) is 1. The topological polar surface area (TPSA) is 38.9 Å². The van der Waals surface area contributed by atoms with E-state index in [9.17, 15) is 0 Å². The third-order valence-electron chi connectivity index (χ3n) is 3.43. The number of nitrogens with two attached hydrogens (primary N) is 1. The van der Waals surface area contributed by atoms with E-state index in [2.05, 4.69) is 31.4 Å². The molecule has 0 aliphatic heterocycles. The van der Waals surface area contributed by atoms with Crippen LogP contribution in [0.15, 0.2) is 17.5 Å². The minimum Gasteiger partial charge on any atom is -0.323 e. The smallest absolute Gasteiger partial charge is 0.0983 e. The lowest BCUT2D eigenvalue weighted by Crippen LogP contribution is -2.28. The molecule has 1 aliphatic rings. The lowest BCUT2D eigenvalue weighted by Gasteiger charge is -2.32. The molecule has 0 saturated heterocycles. The summed E-state index contributed by atoms with van der Waals surface area (Å²) in [5.74, 6) is 0. The predicted molar refractivity (Wildman–Crippen MR) is 78.3 cm³/mol. The number of hydrogen-bond donors (Lipinski definition) is 1. The average Bonchev–Trinajstić information content (AvgIpc) is 2.86. The molecule has 1 atom stereocenters. The van der Waals surface area contributed by atoms with Crippen molar-refractivity contribution in [3.8, 4) is 0 Å². The van der Waals surface area contributed by atoms with E-state index in [0.717, 1.165) is 19.3 Å². The second-order valence-electron chi connectivity index (χ2n) is 5.83. The molecule has 3 rings (SSSR count). The molecule has 2 N–H and O–H groups in total. The summed E-state index contributed by atoms with van der Waals surface area (Å²) in [5.41, 5.74) is 7.82. The zero-order valence-electron chi connectivity index (χ0n) is 10.8. The maximum absolute atomic E-state index is 6.28. The zero-order valence-corrected chi connectivity index (χ0v) is 12.4. The summed E-state index contributed by atoms with van der Waals surface area (Å²) in [6, 6.07) is 4.45. The quantitative estimate of drug-likeness (QED) is 0.908. The molecule has 1 aliphatic carbocycles. The van der Waals surface area contributed by atoms with Crippen molar-refractivity contribution in [1.29, 1.82) is 0 Å². The Hall–Kier alpha value is -0.710. The van der Waals surface area contributed by atoms with E-state index in [1.54, 1.807) is 11.3 Å². The molecule has 18 heavy (non-hydrogen) atoms. The van der Waals surface area contributed by atoms with Crippen LogP contribution < -0.4 is 5.73 Å². The average molecular weight is 278 g/mol. The summed E-state index contributed by atoms with van der Waals surface area (Å²) < 4.78 is 0. The van der Waals surface area contributed by atoms with Crippen molar-refractivity contribution in [2.24, 2.45) is 11.1 Å². The van der Waals surface area contributed by atoms with Crippen LogP contribution in [0.25, 0.3) is 0 Å². The summed E-state index contributed by atoms with van der Waals surface area (Å²) in [5, 5.41) is 3.34. The molecule has 0 radical (unpaired) electrons. The van der Waals surface area contributed by atoms with Crippen LogP contribution in [0.5, 0.6) is 0 Å². The minimum atomic E-state index is 0.179. The Morgan fingerprint density at radius 1 is 1.50 bits per heavy atom. The molecule has 2 aromatic rings. The van der Waals surface area contributed by atoms with Gasteiger partial charge >= 0.3 is 0 Å². The van der Waals surface area contributed by atoms with Crippen molar-refractivity contribution >= 4 is 22.7 Å². The zero-order chi connectivity index (χ0) is 12.8. The van der Waals surface area contributed by atoms with Gasteiger partial charge in [-0.25, -0.2) is 4.98 Å². The fourth-order valence-corrected chi connectivity index (χ4v) is 4.59. The highest BCUT2D eigenvalue weighted by molar-refractivity contribution is 7.12. The summed E-state index contributed by atoms with van der Waals surface area (Å²) >= 11 is 3.61. The summed E-state index contributed by atoms with van der Waals surface area (Å²) in [4.78, 5) is 7.52. The van der Waals surface area contributed by atoms with Crippen molar-refractivity contribution in [3.63, 3.8) is 0 Å². The van der Waals surface area contributed by atoms with Crippen LogP contribution in [0.1, 0.15) is 46.8 Å². The van der Waals surface area contributed by atoms with Gasteiger partial charge in [0, 0.05) is 22.2 Å². The van der Waals surface area contributed by atoms with Gasteiger partial charge in [-0.05, 0) is 29.7 Å². The molecule has 0 aromatic carbocycles. The lowest BCUT2D eigenvalue weighted by atomic mass is 9.77. The van der Waals surface area contributed by atoms with Crippen molar-refractivity contribution in [2.75, 3.05) is 0 Å². The van der Waals surface area contributed by atoms with Crippen LogP contribution in [0.3, 0.4) is 0 Å². The molecule has 4 heteroatoms. The molecule has 1 unspecified atom stereocenters. The molecule has 2 nitrogen and oxygen atoms in total. The Balaban J connectivity index is 1.88. The van der Waals surface area contributed by atoms with E-state index in [-0.39, 0.29) is 6.04 Å². The molecule has 0 fully saturated rings. The standard InChI is InChI=1S/C14H18N2S2/c1-14(2)7-10(15)13-11(8-14)16-12(18-13)6-9-4-3-5-17-9/h3-5,10H,6-8,15H2,1-2H3. The van der Waals surface area contributed by atoms with E-state index < -0.39 is 0 Å². The summed E-state index contributed by atoms with van der Waals surface area (Å²) in [7, 11) is 0. The van der Waals surface area contributed by atoms with E-state index in [1.165, 1.54) is 20.5 Å². The van der Waals surface area contributed by atoms with Gasteiger partial charge in [0.05, 0.1) is 10.7 Å². The Morgan fingerprint density at radius 3 is 3.06 bits per heavy atom. The maximum atomic E-state index is 6.28. The molecule has 2 heterocycles. The normalized spacial score (nSPS) is 21.8. The summed E-state index contributed by atoms with van der Waals surface area (Å²) in [6.07, 6.45) is 3.10. The summed E-state index contributed by atoms with van der Waals surface area (Å²) in [6.45, 7) is 4.57. The van der Waals surface area contributed by atoms with Gasteiger partial charge in [0.2, 0.25) is 0 Å². The van der Waals surface area contributed by atoms with Crippen molar-refractivity contribution < 1.29 is 0 Å². The molecule has 2 aromatic heterocycles. The van der Waals surface area contributed by atoms with E-state index >= 15 is 0 Å². The van der Waals surface area contributed by atoms with Gasteiger partial charge in [-0.1, -0.05) is 19.9 Å². The van der Waals surface area contributed by atoms with Gasteiger partial charge in [0.25, 0.3) is 0 Å². The minimum absolute atomic E-state index is 0.179. The van der Waals surface area contributed by atoms with Crippen LogP contribution in [0.2, 0.25) is 0 Å². The lowest BCUT2D eigenvalue weighted by molar-refractivity contribution is 0.282. The third kappa shape index (κ3) is 2.37. The van der Waals surface area contributed by atoms with Gasteiger partial charge in [0.15, 0.2) is 0 Å². The number of thiazole rings is 1. The maximum Gasteiger partial charge on any atom is 0.0983 e. The first-order valence-corrected chi connectivity index (χ1v) is 7.99. The van der Waals surface area contributed by atoms with Gasteiger partial charge in [-0.15, -0.1) is 22.7 Å². The van der Waals surface area contributed by atoms with Crippen LogP contribution in [-0.2, 0) is 12.8 Å². The van der Waals surface area contributed by atoms with Gasteiger partial charge in [-0.2, -0.15) is 0 Å². The largest absolute Gasteiger partial charge is 0.323 e. The number of rotatable bonds is 2. The second-order valence-corrected chi connectivity index (χ2v) is 7.97. The molecule has 96 valence electrons. The molecule has 0 saturated carbocycles. The first-order valence-electron chi connectivity index (χ1n) is 6.30. The van der Waals surface area contributed by atoms with E-state index in [4.69, 9.17) is 10.7 Å². The highest BCUT2D eigenvalue weighted by Crippen LogP contribution is 2.42. The fourth-order valence-electron chi connectivity index (χ4n) is 2.68. The Bertz CT molecular complexity index is 540. The van der Waals surface area contributed by atoms with Crippen LogP contribution in [0, 0.1) is 5.41 Å². The SMILES string of the molecule is CC1(C)Cc2nc(Cc3cccs3)sc2C(N)C1. The Kier molecular flexibility index (Phi) is 3.04. The number of aromatic nitrogens is 1. The van der Waals surface area contributed by atoms with Gasteiger partial charge in [0.1, 0.15) is 0 Å². The highest BCUT2D eigenvalue weighted by atomic mass is 32.1. The molecular formula is C14H18N2S2. The van der Waals surface area contributed by atoms with Crippen LogP contribution >= 0.6 is 22.7 Å². The van der Waals surface area contributed by atoms with Crippen molar-refractivity contribution in [1.82, 2.24) is 4.98 Å². The molecule has 0 amide bonds. The van der Waals surface area contributed by atoms with E-state index in [0.29, 0.717) is 5.41 Å². The number of fused-ring (bicyclic) bond motifs is 1. The van der Waals surface area contributed by atoms with Crippen molar-refractivity contribution in [2.45, 2.75) is 39.2 Å². The molecule has 0 spiro atoms. The highest BCUT2D eigenvalue weighted by Gasteiger charge is 2.33. The Labute approximate surface area is 116 Å². The fraction of sp³-hybridized carbons (Fsp3) is 0.500. The number of thiophene rings is 1. The monoisotopic (exact) mass is 278 g/mol. The van der Waals surface area contributed by atoms with Crippen LogP contribution in [-0.4, -0.2) is 4.98 Å². The van der Waals surface area contributed by atoms with Crippen LogP contribution in [0.4, 0.5) is 0 Å². The van der Waals surface area contributed by atoms with Gasteiger partial charge < -0.3 is 5.73 Å². The Morgan fingerprint density at radius 2 is 2.33 bits per heavy atom. The first kappa shape index (κ1) is 12.3. The van der Waals surface area contributed by atoms with Gasteiger partial charge in [-0.3, -0.25) is 0 Å². The van der Waals surface area contributed by atoms with Crippen molar-refractivity contribution in [3.05, 3.63) is 38.0 Å². The molecular weight excluding hydrogens is 260 g/mol. The first-order chi connectivity index (χ1) is 8.53.